The van der Waals surface area contributed by atoms with Crippen molar-refractivity contribution >= 4 is 5.97 Å². The molecule has 2 nitrogen and oxygen atoms in total. The average Bonchev–Trinajstić information content (AvgIpc) is 2.18. The van der Waals surface area contributed by atoms with E-state index in [4.69, 9.17) is 4.74 Å². The maximum absolute atomic E-state index is 11.1. The van der Waals surface area contributed by atoms with Gasteiger partial charge in [-0.05, 0) is 26.2 Å². The van der Waals surface area contributed by atoms with E-state index in [0.717, 1.165) is 32.1 Å². The topological polar surface area (TPSA) is 26.3 Å². The first-order chi connectivity index (χ1) is 6.81. The fraction of sp³-hybridized carbons (Fsp3) is 0.750. The maximum atomic E-state index is 11.1. The fourth-order valence-electron chi connectivity index (χ4n) is 1.15. The zero-order valence-electron chi connectivity index (χ0n) is 9.42. The highest BCUT2D eigenvalue weighted by atomic mass is 16.5. The van der Waals surface area contributed by atoms with Gasteiger partial charge in [-0.2, -0.15) is 0 Å². The third-order valence-corrected chi connectivity index (χ3v) is 2.00. The summed E-state index contributed by atoms with van der Waals surface area (Å²) in [6, 6.07) is 0. The summed E-state index contributed by atoms with van der Waals surface area (Å²) in [6.45, 7) is 4.69. The average molecular weight is 198 g/mol. The normalized spacial score (nSPS) is 10.7. The Labute approximate surface area is 87.3 Å². The standard InChI is InChI=1S/C12H22O2/c1-3-5-7-9-11-14-12(13)10-8-6-4-2/h3,5H,4,6-11H2,1-2H3. The maximum Gasteiger partial charge on any atom is 0.305 e. The van der Waals surface area contributed by atoms with Gasteiger partial charge in [0.15, 0.2) is 0 Å². The van der Waals surface area contributed by atoms with Gasteiger partial charge < -0.3 is 4.74 Å². The lowest BCUT2D eigenvalue weighted by atomic mass is 10.2. The Kier molecular flexibility index (Phi) is 9.71. The third-order valence-electron chi connectivity index (χ3n) is 2.00. The predicted octanol–water partition coefficient (Wildman–Crippen LogP) is 3.47. The van der Waals surface area contributed by atoms with Crippen LogP contribution in [0.3, 0.4) is 0 Å². The summed E-state index contributed by atoms with van der Waals surface area (Å²) in [6.07, 6.45) is 9.85. The lowest BCUT2D eigenvalue weighted by molar-refractivity contribution is -0.143. The molecular formula is C12H22O2. The molecule has 0 saturated heterocycles. The summed E-state index contributed by atoms with van der Waals surface area (Å²) in [5.74, 6) is -0.0427. The van der Waals surface area contributed by atoms with E-state index in [0.29, 0.717) is 13.0 Å². The first-order valence-electron chi connectivity index (χ1n) is 5.58. The number of allylic oxidation sites excluding steroid dienone is 2. The van der Waals surface area contributed by atoms with E-state index >= 15 is 0 Å². The second-order valence-corrected chi connectivity index (χ2v) is 3.39. The molecule has 0 fully saturated rings. The molecule has 0 aromatic carbocycles. The second kappa shape index (κ2) is 10.3. The van der Waals surface area contributed by atoms with E-state index in [-0.39, 0.29) is 5.97 Å². The van der Waals surface area contributed by atoms with E-state index < -0.39 is 0 Å². The van der Waals surface area contributed by atoms with E-state index in [1.54, 1.807) is 0 Å². The highest BCUT2D eigenvalue weighted by Crippen LogP contribution is 2.01. The Bertz CT molecular complexity index is 162. The van der Waals surface area contributed by atoms with Crippen LogP contribution in [0.15, 0.2) is 12.2 Å². The van der Waals surface area contributed by atoms with Crippen LogP contribution in [0.5, 0.6) is 0 Å². The van der Waals surface area contributed by atoms with Gasteiger partial charge in [-0.25, -0.2) is 0 Å². The van der Waals surface area contributed by atoms with Crippen molar-refractivity contribution in [3.05, 3.63) is 12.2 Å². The first-order valence-corrected chi connectivity index (χ1v) is 5.58. The van der Waals surface area contributed by atoms with E-state index in [2.05, 4.69) is 13.0 Å². The fourth-order valence-corrected chi connectivity index (χ4v) is 1.15. The predicted molar refractivity (Wildman–Crippen MR) is 59.1 cm³/mol. The van der Waals surface area contributed by atoms with E-state index in [1.165, 1.54) is 0 Å². The number of rotatable bonds is 8. The minimum Gasteiger partial charge on any atom is -0.466 e. The van der Waals surface area contributed by atoms with Crippen molar-refractivity contribution in [2.24, 2.45) is 0 Å². The molecule has 0 amide bonds. The molecule has 0 bridgehead atoms. The number of unbranched alkanes of at least 4 members (excludes halogenated alkanes) is 3. The Balaban J connectivity index is 3.18. The SMILES string of the molecule is CC=CCCCOC(=O)CCCCC. The Morgan fingerprint density at radius 2 is 2.07 bits per heavy atom. The van der Waals surface area contributed by atoms with Crippen LogP contribution in [0, 0.1) is 0 Å². The van der Waals surface area contributed by atoms with Crippen LogP contribution in [0.25, 0.3) is 0 Å². The quantitative estimate of drug-likeness (QED) is 0.339. The van der Waals surface area contributed by atoms with Crippen molar-refractivity contribution in [3.63, 3.8) is 0 Å². The zero-order valence-corrected chi connectivity index (χ0v) is 9.42. The summed E-state index contributed by atoms with van der Waals surface area (Å²) in [4.78, 5) is 11.1. The first kappa shape index (κ1) is 13.2. The van der Waals surface area contributed by atoms with Crippen molar-refractivity contribution in [1.82, 2.24) is 0 Å². The van der Waals surface area contributed by atoms with Crippen LogP contribution in [0.4, 0.5) is 0 Å². The zero-order chi connectivity index (χ0) is 10.6. The van der Waals surface area contributed by atoms with Gasteiger partial charge in [0.25, 0.3) is 0 Å². The van der Waals surface area contributed by atoms with Gasteiger partial charge in [0.05, 0.1) is 6.61 Å². The van der Waals surface area contributed by atoms with Crippen LogP contribution in [-0.2, 0) is 9.53 Å². The Hall–Kier alpha value is -0.790. The second-order valence-electron chi connectivity index (χ2n) is 3.39. The molecular weight excluding hydrogens is 176 g/mol. The Morgan fingerprint density at radius 1 is 1.29 bits per heavy atom. The molecule has 0 saturated carbocycles. The number of ether oxygens (including phenoxy) is 1. The van der Waals surface area contributed by atoms with E-state index in [9.17, 15) is 4.79 Å². The molecule has 0 unspecified atom stereocenters. The molecule has 0 aliphatic carbocycles. The molecule has 0 aliphatic rings. The van der Waals surface area contributed by atoms with Gasteiger partial charge >= 0.3 is 5.97 Å². The van der Waals surface area contributed by atoms with Crippen LogP contribution in [-0.4, -0.2) is 12.6 Å². The molecule has 0 aliphatic heterocycles. The molecule has 0 rings (SSSR count). The highest BCUT2D eigenvalue weighted by Gasteiger charge is 2.00. The van der Waals surface area contributed by atoms with E-state index in [1.807, 2.05) is 13.0 Å². The third kappa shape index (κ3) is 9.30. The molecule has 82 valence electrons. The van der Waals surface area contributed by atoms with Crippen molar-refractivity contribution < 1.29 is 9.53 Å². The summed E-state index contributed by atoms with van der Waals surface area (Å²) in [5, 5.41) is 0. The minimum atomic E-state index is -0.0427. The van der Waals surface area contributed by atoms with Gasteiger partial charge in [0, 0.05) is 6.42 Å². The van der Waals surface area contributed by atoms with Crippen molar-refractivity contribution in [2.45, 2.75) is 52.4 Å². The van der Waals surface area contributed by atoms with Gasteiger partial charge in [-0.15, -0.1) is 0 Å². The molecule has 0 atom stereocenters. The summed E-state index contributed by atoms with van der Waals surface area (Å²) >= 11 is 0. The van der Waals surface area contributed by atoms with Crippen LogP contribution >= 0.6 is 0 Å². The van der Waals surface area contributed by atoms with Gasteiger partial charge in [0.1, 0.15) is 0 Å². The van der Waals surface area contributed by atoms with Crippen molar-refractivity contribution in [2.75, 3.05) is 6.61 Å². The number of hydrogen-bond acceptors (Lipinski definition) is 2. The Morgan fingerprint density at radius 3 is 2.71 bits per heavy atom. The van der Waals surface area contributed by atoms with Gasteiger partial charge in [0.2, 0.25) is 0 Å². The molecule has 0 N–H and O–H groups in total. The molecule has 0 radical (unpaired) electrons. The lowest BCUT2D eigenvalue weighted by Crippen LogP contribution is -2.05. The van der Waals surface area contributed by atoms with Crippen molar-refractivity contribution in [3.8, 4) is 0 Å². The molecule has 0 heterocycles. The lowest BCUT2D eigenvalue weighted by Gasteiger charge is -2.02. The summed E-state index contributed by atoms with van der Waals surface area (Å²) in [7, 11) is 0. The van der Waals surface area contributed by atoms with Crippen LogP contribution in [0.1, 0.15) is 52.4 Å². The monoisotopic (exact) mass is 198 g/mol. The minimum absolute atomic E-state index is 0.0427. The molecule has 2 heteroatoms. The molecule has 0 aromatic heterocycles. The van der Waals surface area contributed by atoms with Crippen LogP contribution in [0.2, 0.25) is 0 Å². The summed E-state index contributed by atoms with van der Waals surface area (Å²) in [5.41, 5.74) is 0. The molecule has 0 spiro atoms. The number of esters is 1. The van der Waals surface area contributed by atoms with Crippen molar-refractivity contribution in [1.29, 1.82) is 0 Å². The smallest absolute Gasteiger partial charge is 0.305 e. The molecule has 14 heavy (non-hydrogen) atoms. The van der Waals surface area contributed by atoms with Crippen LogP contribution < -0.4 is 0 Å². The van der Waals surface area contributed by atoms with Gasteiger partial charge in [-0.1, -0.05) is 31.9 Å². The summed E-state index contributed by atoms with van der Waals surface area (Å²) < 4.78 is 5.06. The number of carbonyl (C=O) groups is 1. The molecule has 0 aromatic rings. The number of hydrogen-bond donors (Lipinski definition) is 0. The van der Waals surface area contributed by atoms with Gasteiger partial charge in [-0.3, -0.25) is 4.79 Å². The number of carbonyl (C=O) groups excluding carboxylic acids is 1. The highest BCUT2D eigenvalue weighted by molar-refractivity contribution is 5.69. The largest absolute Gasteiger partial charge is 0.466 e.